The third-order valence-electron chi connectivity index (χ3n) is 8.49. The van der Waals surface area contributed by atoms with Crippen LogP contribution >= 0.6 is 0 Å². The number of nitrogens with zero attached hydrogens (tertiary/aromatic N) is 2. The molecule has 11 heteroatoms. The molecular formula is C37H47FN4O6. The van der Waals surface area contributed by atoms with Crippen molar-refractivity contribution in [1.29, 1.82) is 0 Å². The van der Waals surface area contributed by atoms with E-state index in [1.165, 1.54) is 24.3 Å². The van der Waals surface area contributed by atoms with Gasteiger partial charge in [-0.25, -0.2) is 9.18 Å². The molecule has 1 aliphatic heterocycles. The van der Waals surface area contributed by atoms with Gasteiger partial charge in [-0.2, -0.15) is 0 Å². The maximum atomic E-state index is 14.3. The van der Waals surface area contributed by atoms with Crippen LogP contribution in [0.1, 0.15) is 56.0 Å². The highest BCUT2D eigenvalue weighted by Crippen LogP contribution is 2.29. The second-order valence-corrected chi connectivity index (χ2v) is 12.5. The van der Waals surface area contributed by atoms with Crippen molar-refractivity contribution in [3.8, 4) is 5.75 Å². The summed E-state index contributed by atoms with van der Waals surface area (Å²) in [6.07, 6.45) is 2.06. The van der Waals surface area contributed by atoms with Crippen LogP contribution in [-0.2, 0) is 16.0 Å². The molecule has 3 N–H and O–H groups in total. The van der Waals surface area contributed by atoms with Crippen LogP contribution in [-0.4, -0.2) is 84.4 Å². The van der Waals surface area contributed by atoms with Crippen molar-refractivity contribution in [1.82, 2.24) is 9.80 Å². The summed E-state index contributed by atoms with van der Waals surface area (Å²) < 4.78 is 25.9. The fourth-order valence-electron chi connectivity index (χ4n) is 5.57. The lowest BCUT2D eigenvalue weighted by atomic mass is 10.0. The molecule has 0 aliphatic carbocycles. The monoisotopic (exact) mass is 662 g/mol. The molecule has 48 heavy (non-hydrogen) atoms. The fraction of sp³-hybridized carbons (Fsp3) is 0.432. The molecule has 3 aromatic rings. The number of likely N-dealkylation sites (N-methyl/N-ethyl adjacent to an activating group) is 1. The van der Waals surface area contributed by atoms with Gasteiger partial charge in [0, 0.05) is 44.0 Å². The molecule has 4 rings (SSSR count). The molecule has 0 bridgehead atoms. The summed E-state index contributed by atoms with van der Waals surface area (Å²) in [5.74, 6) is -0.661. The van der Waals surface area contributed by atoms with E-state index < -0.39 is 17.9 Å². The number of benzene rings is 3. The summed E-state index contributed by atoms with van der Waals surface area (Å²) in [7, 11) is 1.77. The zero-order valence-corrected chi connectivity index (χ0v) is 28.2. The minimum atomic E-state index is -0.565. The Kier molecular flexibility index (Phi) is 13.3. The number of carbonyl (C=O) groups is 3. The van der Waals surface area contributed by atoms with Gasteiger partial charge in [-0.05, 0) is 81.1 Å². The Balaban J connectivity index is 1.57. The number of carbonyl (C=O) groups excluding carboxylic acids is 3. The van der Waals surface area contributed by atoms with Crippen LogP contribution in [0.2, 0.25) is 0 Å². The van der Waals surface area contributed by atoms with Crippen LogP contribution in [0.3, 0.4) is 0 Å². The van der Waals surface area contributed by atoms with E-state index in [0.717, 1.165) is 24.8 Å². The van der Waals surface area contributed by atoms with Gasteiger partial charge >= 0.3 is 6.03 Å². The van der Waals surface area contributed by atoms with Crippen molar-refractivity contribution >= 4 is 29.2 Å². The van der Waals surface area contributed by atoms with E-state index in [1.54, 1.807) is 42.0 Å². The highest BCUT2D eigenvalue weighted by atomic mass is 19.1. The Labute approximate surface area is 282 Å². The number of hydrogen-bond donors (Lipinski definition) is 3. The van der Waals surface area contributed by atoms with E-state index in [4.69, 9.17) is 9.47 Å². The average Bonchev–Trinajstić information content (AvgIpc) is 3.07. The number of rotatable bonds is 8. The molecule has 0 aromatic heterocycles. The van der Waals surface area contributed by atoms with E-state index in [-0.39, 0.29) is 55.1 Å². The van der Waals surface area contributed by atoms with E-state index in [0.29, 0.717) is 30.3 Å². The van der Waals surface area contributed by atoms with Gasteiger partial charge in [0.05, 0.1) is 36.8 Å². The first-order chi connectivity index (χ1) is 23.0. The number of ether oxygens (including phenoxy) is 2. The molecule has 4 amide bonds. The SMILES string of the molecule is C[C@@H]1CN([C@@H](C)CO)C(=O)c2cc(NC(=O)Nc3ccc(F)cc3)ccc2O[C@@H](C)CCCCO[C@H]1CN(C)C(=O)Cc1ccccc1. The van der Waals surface area contributed by atoms with Gasteiger partial charge < -0.3 is 35.0 Å². The molecule has 258 valence electrons. The molecular weight excluding hydrogens is 615 g/mol. The smallest absolute Gasteiger partial charge is 0.323 e. The maximum absolute atomic E-state index is 14.3. The van der Waals surface area contributed by atoms with Crippen molar-refractivity contribution in [2.75, 3.05) is 44.0 Å². The molecule has 10 nitrogen and oxygen atoms in total. The predicted molar refractivity (Wildman–Crippen MR) is 184 cm³/mol. The van der Waals surface area contributed by atoms with Crippen LogP contribution in [0.5, 0.6) is 5.75 Å². The third kappa shape index (κ3) is 10.5. The van der Waals surface area contributed by atoms with Gasteiger partial charge in [0.15, 0.2) is 0 Å². The Morgan fingerprint density at radius 2 is 1.71 bits per heavy atom. The molecule has 4 atom stereocenters. The lowest BCUT2D eigenvalue weighted by Gasteiger charge is -2.36. The Bertz CT molecular complexity index is 1510. The fourth-order valence-corrected chi connectivity index (χ4v) is 5.57. The zero-order chi connectivity index (χ0) is 34.6. The number of amides is 4. The largest absolute Gasteiger partial charge is 0.490 e. The van der Waals surface area contributed by atoms with Crippen molar-refractivity contribution in [3.63, 3.8) is 0 Å². The molecule has 1 heterocycles. The molecule has 0 saturated carbocycles. The number of urea groups is 1. The van der Waals surface area contributed by atoms with Gasteiger partial charge in [0.2, 0.25) is 5.91 Å². The number of hydrogen-bond acceptors (Lipinski definition) is 6. The van der Waals surface area contributed by atoms with Crippen LogP contribution < -0.4 is 15.4 Å². The first kappa shape index (κ1) is 36.4. The van der Waals surface area contributed by atoms with Gasteiger partial charge in [0.25, 0.3) is 5.91 Å². The summed E-state index contributed by atoms with van der Waals surface area (Å²) in [5, 5.41) is 15.6. The van der Waals surface area contributed by atoms with E-state index >= 15 is 0 Å². The molecule has 3 aromatic carbocycles. The van der Waals surface area contributed by atoms with Crippen LogP contribution in [0.25, 0.3) is 0 Å². The summed E-state index contributed by atoms with van der Waals surface area (Å²) in [6, 6.07) is 18.7. The Hall–Kier alpha value is -4.48. The van der Waals surface area contributed by atoms with Gasteiger partial charge in [-0.1, -0.05) is 37.3 Å². The average molecular weight is 663 g/mol. The van der Waals surface area contributed by atoms with Gasteiger partial charge in [0.1, 0.15) is 11.6 Å². The van der Waals surface area contributed by atoms with Gasteiger partial charge in [-0.15, -0.1) is 0 Å². The molecule has 0 fully saturated rings. The topological polar surface area (TPSA) is 120 Å². The number of fused-ring (bicyclic) bond motifs is 1. The van der Waals surface area contributed by atoms with Gasteiger partial charge in [-0.3, -0.25) is 9.59 Å². The van der Waals surface area contributed by atoms with Crippen molar-refractivity contribution in [2.24, 2.45) is 5.92 Å². The zero-order valence-electron chi connectivity index (χ0n) is 28.2. The van der Waals surface area contributed by atoms with E-state index in [1.807, 2.05) is 44.2 Å². The van der Waals surface area contributed by atoms with E-state index in [2.05, 4.69) is 10.6 Å². The Morgan fingerprint density at radius 1 is 1.02 bits per heavy atom. The first-order valence-electron chi connectivity index (χ1n) is 16.5. The van der Waals surface area contributed by atoms with Crippen LogP contribution in [0.4, 0.5) is 20.6 Å². The van der Waals surface area contributed by atoms with Crippen molar-refractivity contribution in [2.45, 2.75) is 64.7 Å². The second-order valence-electron chi connectivity index (χ2n) is 12.5. The molecule has 0 unspecified atom stereocenters. The number of aliphatic hydroxyl groups is 1. The number of anilines is 2. The summed E-state index contributed by atoms with van der Waals surface area (Å²) >= 11 is 0. The highest BCUT2D eigenvalue weighted by Gasteiger charge is 2.31. The normalized spacial score (nSPS) is 19.7. The summed E-state index contributed by atoms with van der Waals surface area (Å²) in [5.41, 5.74) is 1.92. The highest BCUT2D eigenvalue weighted by molar-refractivity contribution is 6.02. The lowest BCUT2D eigenvalue weighted by molar-refractivity contribution is -0.131. The number of halogens is 1. The molecule has 0 radical (unpaired) electrons. The van der Waals surface area contributed by atoms with Crippen molar-refractivity contribution in [3.05, 3.63) is 89.7 Å². The molecule has 0 spiro atoms. The second kappa shape index (κ2) is 17.6. The number of aliphatic hydroxyl groups excluding tert-OH is 1. The number of nitrogens with one attached hydrogen (secondary N) is 2. The Morgan fingerprint density at radius 3 is 2.42 bits per heavy atom. The molecule has 0 saturated heterocycles. The third-order valence-corrected chi connectivity index (χ3v) is 8.49. The lowest BCUT2D eigenvalue weighted by Crippen LogP contribution is -2.48. The molecule has 1 aliphatic rings. The first-order valence-corrected chi connectivity index (χ1v) is 16.5. The standard InChI is InChI=1S/C37H47FN4O6/c1-25-22-42(26(2)24-43)36(45)32-21-31(40-37(46)39-30-15-13-29(38)14-16-30)17-18-33(32)48-27(3)10-8-9-19-47-34(25)23-41(4)35(44)20-28-11-6-5-7-12-28/h5-7,11-18,21,25-27,34,43H,8-10,19-20,22-24H2,1-4H3,(H2,39,40,46)/t25-,26+,27+,34+/m1/s1. The van der Waals surface area contributed by atoms with Crippen LogP contribution in [0.15, 0.2) is 72.8 Å². The summed E-state index contributed by atoms with van der Waals surface area (Å²) in [4.78, 5) is 43.5. The van der Waals surface area contributed by atoms with Crippen molar-refractivity contribution < 1.29 is 33.4 Å². The summed E-state index contributed by atoms with van der Waals surface area (Å²) in [6.45, 7) is 6.49. The van der Waals surface area contributed by atoms with E-state index in [9.17, 15) is 23.9 Å². The minimum Gasteiger partial charge on any atom is -0.490 e. The maximum Gasteiger partial charge on any atom is 0.323 e. The van der Waals surface area contributed by atoms with Crippen LogP contribution in [0, 0.1) is 11.7 Å². The quantitative estimate of drug-likeness (QED) is 0.274. The predicted octanol–water partition coefficient (Wildman–Crippen LogP) is 5.97. The minimum absolute atomic E-state index is 0.0311.